The lowest BCUT2D eigenvalue weighted by Crippen LogP contribution is -2.16. The number of benzene rings is 1. The first-order chi connectivity index (χ1) is 9.16. The summed E-state index contributed by atoms with van der Waals surface area (Å²) >= 11 is 5.98. The Morgan fingerprint density at radius 3 is 2.68 bits per heavy atom. The molecule has 3 nitrogen and oxygen atoms in total. The molecule has 0 amide bonds. The van der Waals surface area contributed by atoms with Gasteiger partial charge in [-0.25, -0.2) is 0 Å². The number of nitrogens with two attached hydrogens (primary N) is 1. The standard InChI is InChI=1S/C15H15ClN2O/c16-14-10-18-7-6-12(14)8-13(19)9-15(17)11-4-2-1-3-5-11/h1-7,10,15H,8-9,17H2. The summed E-state index contributed by atoms with van der Waals surface area (Å²) in [6.45, 7) is 0. The van der Waals surface area contributed by atoms with Gasteiger partial charge < -0.3 is 5.73 Å². The van der Waals surface area contributed by atoms with Crippen molar-refractivity contribution < 1.29 is 4.79 Å². The van der Waals surface area contributed by atoms with E-state index >= 15 is 0 Å². The van der Waals surface area contributed by atoms with Crippen molar-refractivity contribution in [1.29, 1.82) is 0 Å². The summed E-state index contributed by atoms with van der Waals surface area (Å²) in [5, 5.41) is 0.518. The van der Waals surface area contributed by atoms with Crippen LogP contribution in [-0.2, 0) is 11.2 Å². The molecule has 1 heterocycles. The number of halogens is 1. The fourth-order valence-electron chi connectivity index (χ4n) is 1.90. The van der Waals surface area contributed by atoms with Crippen LogP contribution in [0.5, 0.6) is 0 Å². The number of hydrogen-bond acceptors (Lipinski definition) is 3. The van der Waals surface area contributed by atoms with Crippen LogP contribution in [0.3, 0.4) is 0 Å². The zero-order valence-electron chi connectivity index (χ0n) is 10.4. The Labute approximate surface area is 117 Å². The van der Waals surface area contributed by atoms with E-state index in [0.717, 1.165) is 11.1 Å². The number of rotatable bonds is 5. The van der Waals surface area contributed by atoms with Gasteiger partial charge in [0.15, 0.2) is 0 Å². The van der Waals surface area contributed by atoms with Crippen LogP contribution in [-0.4, -0.2) is 10.8 Å². The summed E-state index contributed by atoms with van der Waals surface area (Å²) in [7, 11) is 0. The van der Waals surface area contributed by atoms with Gasteiger partial charge in [-0.1, -0.05) is 41.9 Å². The Morgan fingerprint density at radius 1 is 1.26 bits per heavy atom. The molecule has 0 aliphatic carbocycles. The van der Waals surface area contributed by atoms with Gasteiger partial charge in [0.1, 0.15) is 5.78 Å². The fraction of sp³-hybridized carbons (Fsp3) is 0.200. The summed E-state index contributed by atoms with van der Waals surface area (Å²) < 4.78 is 0. The number of nitrogens with zero attached hydrogens (tertiary/aromatic N) is 1. The highest BCUT2D eigenvalue weighted by molar-refractivity contribution is 6.31. The molecule has 0 saturated carbocycles. The van der Waals surface area contributed by atoms with Gasteiger partial charge in [-0.05, 0) is 17.2 Å². The molecule has 0 bridgehead atoms. The normalized spacial score (nSPS) is 12.1. The van der Waals surface area contributed by atoms with Gasteiger partial charge >= 0.3 is 0 Å². The van der Waals surface area contributed by atoms with Crippen molar-refractivity contribution in [2.24, 2.45) is 5.73 Å². The Kier molecular flexibility index (Phi) is 4.66. The molecule has 1 unspecified atom stereocenters. The SMILES string of the molecule is NC(CC(=O)Cc1ccncc1Cl)c1ccccc1. The van der Waals surface area contributed by atoms with E-state index in [0.29, 0.717) is 17.9 Å². The van der Waals surface area contributed by atoms with E-state index in [2.05, 4.69) is 4.98 Å². The number of pyridine rings is 1. The molecular weight excluding hydrogens is 260 g/mol. The molecule has 19 heavy (non-hydrogen) atoms. The first-order valence-corrected chi connectivity index (χ1v) is 6.45. The maximum atomic E-state index is 12.0. The van der Waals surface area contributed by atoms with Crippen LogP contribution < -0.4 is 5.73 Å². The van der Waals surface area contributed by atoms with E-state index in [1.54, 1.807) is 18.5 Å². The van der Waals surface area contributed by atoms with Crippen molar-refractivity contribution in [1.82, 2.24) is 4.98 Å². The summed E-state index contributed by atoms with van der Waals surface area (Å²) in [5.74, 6) is 0.0736. The second-order valence-corrected chi connectivity index (χ2v) is 4.81. The highest BCUT2D eigenvalue weighted by Gasteiger charge is 2.13. The largest absolute Gasteiger partial charge is 0.324 e. The average Bonchev–Trinajstić information content (AvgIpc) is 2.42. The van der Waals surface area contributed by atoms with Gasteiger partial charge in [0.05, 0.1) is 5.02 Å². The number of Topliss-reactive ketones (excluding diaryl/α,β-unsaturated/α-hetero) is 1. The molecule has 2 N–H and O–H groups in total. The van der Waals surface area contributed by atoms with E-state index < -0.39 is 0 Å². The Balaban J connectivity index is 1.97. The summed E-state index contributed by atoms with van der Waals surface area (Å²) in [6, 6.07) is 11.1. The smallest absolute Gasteiger partial charge is 0.139 e. The van der Waals surface area contributed by atoms with Gasteiger partial charge in [0.25, 0.3) is 0 Å². The maximum absolute atomic E-state index is 12.0. The van der Waals surface area contributed by atoms with Crippen LogP contribution in [0, 0.1) is 0 Å². The number of carbonyl (C=O) groups is 1. The van der Waals surface area contributed by atoms with Gasteiger partial charge in [-0.2, -0.15) is 0 Å². The van der Waals surface area contributed by atoms with Gasteiger partial charge in [0, 0.05) is 31.3 Å². The highest BCUT2D eigenvalue weighted by Crippen LogP contribution is 2.18. The molecule has 98 valence electrons. The Hall–Kier alpha value is -1.71. The minimum absolute atomic E-state index is 0.0736. The van der Waals surface area contributed by atoms with Crippen LogP contribution in [0.2, 0.25) is 5.02 Å². The predicted molar refractivity (Wildman–Crippen MR) is 75.9 cm³/mol. The zero-order valence-corrected chi connectivity index (χ0v) is 11.2. The topological polar surface area (TPSA) is 56.0 Å². The molecule has 2 rings (SSSR count). The molecule has 0 aliphatic heterocycles. The van der Waals surface area contributed by atoms with Gasteiger partial charge in [-0.3, -0.25) is 9.78 Å². The van der Waals surface area contributed by atoms with Crippen LogP contribution >= 0.6 is 11.6 Å². The quantitative estimate of drug-likeness (QED) is 0.912. The maximum Gasteiger partial charge on any atom is 0.139 e. The van der Waals surface area contributed by atoms with E-state index in [9.17, 15) is 4.79 Å². The molecule has 0 spiro atoms. The monoisotopic (exact) mass is 274 g/mol. The Bertz CT molecular complexity index is 557. The molecule has 0 saturated heterocycles. The van der Waals surface area contributed by atoms with Gasteiger partial charge in [0.2, 0.25) is 0 Å². The molecule has 1 aromatic carbocycles. The molecule has 0 fully saturated rings. The molecule has 0 aliphatic rings. The molecule has 2 aromatic rings. The van der Waals surface area contributed by atoms with E-state index in [-0.39, 0.29) is 11.8 Å². The second kappa shape index (κ2) is 6.45. The molecule has 1 atom stereocenters. The molecule has 1 aromatic heterocycles. The molecule has 4 heteroatoms. The van der Waals surface area contributed by atoms with Crippen molar-refractivity contribution in [3.63, 3.8) is 0 Å². The first kappa shape index (κ1) is 13.7. The van der Waals surface area contributed by atoms with Crippen molar-refractivity contribution in [3.05, 3.63) is 64.9 Å². The molecule has 0 radical (unpaired) electrons. The van der Waals surface area contributed by atoms with E-state index in [1.165, 1.54) is 0 Å². The predicted octanol–water partition coefficient (Wildman–Crippen LogP) is 2.94. The van der Waals surface area contributed by atoms with E-state index in [4.69, 9.17) is 17.3 Å². The summed E-state index contributed by atoms with van der Waals surface area (Å²) in [6.07, 6.45) is 3.78. The third kappa shape index (κ3) is 3.88. The highest BCUT2D eigenvalue weighted by atomic mass is 35.5. The molecular formula is C15H15ClN2O. The van der Waals surface area contributed by atoms with Crippen LogP contribution in [0.15, 0.2) is 48.8 Å². The number of hydrogen-bond donors (Lipinski definition) is 1. The number of aromatic nitrogens is 1. The summed E-state index contributed by atoms with van der Waals surface area (Å²) in [4.78, 5) is 15.9. The van der Waals surface area contributed by atoms with Crippen molar-refractivity contribution in [2.75, 3.05) is 0 Å². The van der Waals surface area contributed by atoms with Crippen molar-refractivity contribution in [3.8, 4) is 0 Å². The minimum atomic E-state index is -0.269. The van der Waals surface area contributed by atoms with Gasteiger partial charge in [-0.15, -0.1) is 0 Å². The third-order valence-electron chi connectivity index (χ3n) is 2.92. The zero-order chi connectivity index (χ0) is 13.7. The lowest BCUT2D eigenvalue weighted by atomic mass is 9.99. The third-order valence-corrected chi connectivity index (χ3v) is 3.26. The fourth-order valence-corrected chi connectivity index (χ4v) is 2.08. The lowest BCUT2D eigenvalue weighted by molar-refractivity contribution is -0.118. The number of ketones is 1. The average molecular weight is 275 g/mol. The van der Waals surface area contributed by atoms with Crippen LogP contribution in [0.1, 0.15) is 23.6 Å². The number of carbonyl (C=O) groups excluding carboxylic acids is 1. The summed E-state index contributed by atoms with van der Waals surface area (Å²) in [5.41, 5.74) is 7.78. The van der Waals surface area contributed by atoms with E-state index in [1.807, 2.05) is 30.3 Å². The lowest BCUT2D eigenvalue weighted by Gasteiger charge is -2.11. The Morgan fingerprint density at radius 2 is 2.00 bits per heavy atom. The first-order valence-electron chi connectivity index (χ1n) is 6.07. The minimum Gasteiger partial charge on any atom is -0.324 e. The van der Waals surface area contributed by atoms with Crippen molar-refractivity contribution in [2.45, 2.75) is 18.9 Å². The van der Waals surface area contributed by atoms with Crippen molar-refractivity contribution >= 4 is 17.4 Å². The van der Waals surface area contributed by atoms with Crippen LogP contribution in [0.25, 0.3) is 0 Å². The second-order valence-electron chi connectivity index (χ2n) is 4.40. The van der Waals surface area contributed by atoms with Crippen LogP contribution in [0.4, 0.5) is 0 Å².